The third kappa shape index (κ3) is 4.23. The Morgan fingerprint density at radius 3 is 2.47 bits per heavy atom. The van der Waals surface area contributed by atoms with Gasteiger partial charge in [-0.3, -0.25) is 4.79 Å². The van der Waals surface area contributed by atoms with Crippen molar-refractivity contribution in [1.29, 1.82) is 0 Å². The number of rotatable bonds is 4. The van der Waals surface area contributed by atoms with Crippen LogP contribution in [0.4, 0.5) is 0 Å². The molecule has 1 atom stereocenters. The molecule has 0 radical (unpaired) electrons. The third-order valence-corrected chi connectivity index (χ3v) is 3.50. The molecule has 0 spiro atoms. The fraction of sp³-hybridized carbons (Fsp3) is 0.923. The van der Waals surface area contributed by atoms with Crippen molar-refractivity contribution in [1.82, 2.24) is 0 Å². The van der Waals surface area contributed by atoms with Crippen molar-refractivity contribution in [2.24, 2.45) is 11.8 Å². The summed E-state index contributed by atoms with van der Waals surface area (Å²) in [5.74, 6) is 1.44. The van der Waals surface area contributed by atoms with E-state index in [4.69, 9.17) is 4.74 Å². The van der Waals surface area contributed by atoms with Crippen molar-refractivity contribution < 1.29 is 9.53 Å². The molecule has 0 N–H and O–H groups in total. The Bertz CT molecular complexity index is 193. The van der Waals surface area contributed by atoms with Gasteiger partial charge in [-0.15, -0.1) is 0 Å². The van der Waals surface area contributed by atoms with Crippen LogP contribution in [0.3, 0.4) is 0 Å². The van der Waals surface area contributed by atoms with Crippen LogP contribution in [0.1, 0.15) is 59.3 Å². The lowest BCUT2D eigenvalue weighted by Crippen LogP contribution is -2.27. The molecule has 1 aliphatic carbocycles. The van der Waals surface area contributed by atoms with Crippen LogP contribution in [-0.2, 0) is 9.53 Å². The van der Waals surface area contributed by atoms with E-state index in [-0.39, 0.29) is 12.1 Å². The molecule has 1 unspecified atom stereocenters. The quantitative estimate of drug-likeness (QED) is 0.666. The van der Waals surface area contributed by atoms with Gasteiger partial charge in [0.05, 0.1) is 0 Å². The molecule has 0 heterocycles. The minimum absolute atomic E-state index is 0.0244. The normalized spacial score (nSPS) is 28.5. The summed E-state index contributed by atoms with van der Waals surface area (Å²) in [5.41, 5.74) is 0. The predicted molar refractivity (Wildman–Crippen MR) is 61.6 cm³/mol. The highest BCUT2D eigenvalue weighted by Gasteiger charge is 2.25. The van der Waals surface area contributed by atoms with Crippen LogP contribution in [0, 0.1) is 11.8 Å². The first kappa shape index (κ1) is 12.5. The highest BCUT2D eigenvalue weighted by Crippen LogP contribution is 2.31. The van der Waals surface area contributed by atoms with E-state index in [2.05, 4.69) is 6.92 Å². The van der Waals surface area contributed by atoms with Crippen molar-refractivity contribution in [2.45, 2.75) is 65.4 Å². The molecule has 2 nitrogen and oxygen atoms in total. The summed E-state index contributed by atoms with van der Waals surface area (Å²) >= 11 is 0. The van der Waals surface area contributed by atoms with E-state index in [1.54, 1.807) is 0 Å². The molecule has 0 bridgehead atoms. The number of ether oxygens (including phenoxy) is 1. The van der Waals surface area contributed by atoms with Crippen LogP contribution in [0.2, 0.25) is 0 Å². The van der Waals surface area contributed by atoms with Gasteiger partial charge in [0.2, 0.25) is 0 Å². The SMILES string of the molecule is CCCC(=O)OC(C)C1CCC(C)CC1. The zero-order valence-electron chi connectivity index (χ0n) is 10.3. The van der Waals surface area contributed by atoms with Crippen molar-refractivity contribution >= 4 is 5.97 Å². The molecule has 0 saturated heterocycles. The number of hydrogen-bond donors (Lipinski definition) is 0. The monoisotopic (exact) mass is 212 g/mol. The number of esters is 1. The van der Waals surface area contributed by atoms with Crippen LogP contribution < -0.4 is 0 Å². The second-order valence-corrected chi connectivity index (χ2v) is 4.96. The zero-order chi connectivity index (χ0) is 11.3. The lowest BCUT2D eigenvalue weighted by atomic mass is 9.80. The Morgan fingerprint density at radius 1 is 1.33 bits per heavy atom. The highest BCUT2D eigenvalue weighted by atomic mass is 16.5. The van der Waals surface area contributed by atoms with E-state index < -0.39 is 0 Å². The van der Waals surface area contributed by atoms with E-state index >= 15 is 0 Å². The summed E-state index contributed by atoms with van der Waals surface area (Å²) in [5, 5.41) is 0. The second kappa shape index (κ2) is 6.14. The Kier molecular flexibility index (Phi) is 5.13. The van der Waals surface area contributed by atoms with Gasteiger partial charge in [0.15, 0.2) is 0 Å². The number of carbonyl (C=O) groups excluding carboxylic acids is 1. The van der Waals surface area contributed by atoms with Gasteiger partial charge in [0, 0.05) is 6.42 Å². The smallest absolute Gasteiger partial charge is 0.306 e. The van der Waals surface area contributed by atoms with Crippen LogP contribution >= 0.6 is 0 Å². The number of hydrogen-bond acceptors (Lipinski definition) is 2. The molecule has 2 heteroatoms. The molecule has 1 rings (SSSR count). The average Bonchev–Trinajstić information content (AvgIpc) is 2.18. The lowest BCUT2D eigenvalue weighted by Gasteiger charge is -2.30. The fourth-order valence-corrected chi connectivity index (χ4v) is 2.32. The molecule has 88 valence electrons. The van der Waals surface area contributed by atoms with Crippen LogP contribution in [0.5, 0.6) is 0 Å². The van der Waals surface area contributed by atoms with Gasteiger partial charge in [-0.2, -0.15) is 0 Å². The Hall–Kier alpha value is -0.530. The molecule has 0 aromatic carbocycles. The lowest BCUT2D eigenvalue weighted by molar-refractivity contribution is -0.151. The van der Waals surface area contributed by atoms with Crippen molar-refractivity contribution in [3.05, 3.63) is 0 Å². The topological polar surface area (TPSA) is 26.3 Å². The van der Waals surface area contributed by atoms with E-state index in [9.17, 15) is 4.79 Å². The second-order valence-electron chi connectivity index (χ2n) is 4.96. The molecule has 15 heavy (non-hydrogen) atoms. The minimum Gasteiger partial charge on any atom is -0.462 e. The molecule has 0 aromatic rings. The maximum absolute atomic E-state index is 11.3. The molecule has 0 aromatic heterocycles. The number of carbonyl (C=O) groups is 1. The predicted octanol–water partition coefficient (Wildman–Crippen LogP) is 3.54. The van der Waals surface area contributed by atoms with Gasteiger partial charge < -0.3 is 4.74 Å². The van der Waals surface area contributed by atoms with Crippen LogP contribution in [0.15, 0.2) is 0 Å². The largest absolute Gasteiger partial charge is 0.462 e. The zero-order valence-corrected chi connectivity index (χ0v) is 10.3. The van der Waals surface area contributed by atoms with E-state index in [1.165, 1.54) is 25.7 Å². The average molecular weight is 212 g/mol. The fourth-order valence-electron chi connectivity index (χ4n) is 2.32. The molecule has 0 aliphatic heterocycles. The maximum atomic E-state index is 11.3. The first-order valence-electron chi connectivity index (χ1n) is 6.33. The van der Waals surface area contributed by atoms with E-state index in [0.29, 0.717) is 12.3 Å². The molecule has 1 saturated carbocycles. The minimum atomic E-state index is -0.0244. The Labute approximate surface area is 93.4 Å². The first-order valence-corrected chi connectivity index (χ1v) is 6.33. The molecular weight excluding hydrogens is 188 g/mol. The van der Waals surface area contributed by atoms with Crippen molar-refractivity contribution in [2.75, 3.05) is 0 Å². The van der Waals surface area contributed by atoms with Crippen molar-refractivity contribution in [3.8, 4) is 0 Å². The summed E-state index contributed by atoms with van der Waals surface area (Å²) in [7, 11) is 0. The van der Waals surface area contributed by atoms with Gasteiger partial charge in [0.25, 0.3) is 0 Å². The standard InChI is InChI=1S/C13H24O2/c1-4-5-13(14)15-11(3)12-8-6-10(2)7-9-12/h10-12H,4-9H2,1-3H3. The Balaban J connectivity index is 2.27. The maximum Gasteiger partial charge on any atom is 0.306 e. The summed E-state index contributed by atoms with van der Waals surface area (Å²) in [6.45, 7) is 6.37. The van der Waals surface area contributed by atoms with E-state index in [0.717, 1.165) is 12.3 Å². The van der Waals surface area contributed by atoms with Gasteiger partial charge in [-0.25, -0.2) is 0 Å². The van der Waals surface area contributed by atoms with Gasteiger partial charge in [-0.1, -0.05) is 26.7 Å². The Morgan fingerprint density at radius 2 is 1.93 bits per heavy atom. The molecule has 0 amide bonds. The van der Waals surface area contributed by atoms with E-state index in [1.807, 2.05) is 13.8 Å². The molecule has 1 aliphatic rings. The highest BCUT2D eigenvalue weighted by molar-refractivity contribution is 5.69. The van der Waals surface area contributed by atoms with Crippen molar-refractivity contribution in [3.63, 3.8) is 0 Å². The summed E-state index contributed by atoms with van der Waals surface area (Å²) < 4.78 is 5.43. The molecule has 1 fully saturated rings. The van der Waals surface area contributed by atoms with Gasteiger partial charge in [0.1, 0.15) is 6.10 Å². The van der Waals surface area contributed by atoms with Gasteiger partial charge >= 0.3 is 5.97 Å². The van der Waals surface area contributed by atoms with Crippen LogP contribution in [0.25, 0.3) is 0 Å². The molecular formula is C13H24O2. The first-order chi connectivity index (χ1) is 7.13. The summed E-state index contributed by atoms with van der Waals surface area (Å²) in [6, 6.07) is 0. The van der Waals surface area contributed by atoms with Crippen LogP contribution in [-0.4, -0.2) is 12.1 Å². The summed E-state index contributed by atoms with van der Waals surface area (Å²) in [4.78, 5) is 11.3. The third-order valence-electron chi connectivity index (χ3n) is 3.50. The van der Waals surface area contributed by atoms with Gasteiger partial charge in [-0.05, 0) is 38.0 Å². The summed E-state index contributed by atoms with van der Waals surface area (Å²) in [6.07, 6.45) is 6.60.